The van der Waals surface area contributed by atoms with E-state index in [2.05, 4.69) is 39.5 Å². The third-order valence-electron chi connectivity index (χ3n) is 4.34. The average molecular weight is 226 g/mol. The van der Waals surface area contributed by atoms with Gasteiger partial charge in [0.05, 0.1) is 0 Å². The highest BCUT2D eigenvalue weighted by Gasteiger charge is 2.32. The van der Waals surface area contributed by atoms with Gasteiger partial charge in [-0.05, 0) is 30.2 Å². The van der Waals surface area contributed by atoms with E-state index in [1.165, 1.54) is 25.9 Å². The summed E-state index contributed by atoms with van der Waals surface area (Å²) in [6, 6.07) is 0.351. The fourth-order valence-corrected chi connectivity index (χ4v) is 2.49. The van der Waals surface area contributed by atoms with Crippen molar-refractivity contribution in [3.63, 3.8) is 0 Å². The summed E-state index contributed by atoms with van der Waals surface area (Å²) in [4.78, 5) is 2.56. The first-order valence-corrected chi connectivity index (χ1v) is 6.82. The van der Waals surface area contributed by atoms with Gasteiger partial charge in [0.25, 0.3) is 0 Å². The lowest BCUT2D eigenvalue weighted by atomic mass is 9.80. The van der Waals surface area contributed by atoms with E-state index in [1.807, 2.05) is 0 Å². The van der Waals surface area contributed by atoms with Gasteiger partial charge in [0.2, 0.25) is 0 Å². The van der Waals surface area contributed by atoms with Crippen LogP contribution in [0.3, 0.4) is 0 Å². The Labute approximate surface area is 102 Å². The first kappa shape index (κ1) is 14.0. The van der Waals surface area contributed by atoms with Crippen LogP contribution in [0.1, 0.15) is 47.5 Å². The molecule has 0 bridgehead atoms. The Hall–Kier alpha value is -0.0800. The van der Waals surface area contributed by atoms with Gasteiger partial charge in [-0.25, -0.2) is 0 Å². The molecule has 1 aliphatic rings. The van der Waals surface area contributed by atoms with Crippen molar-refractivity contribution in [2.45, 2.75) is 53.5 Å². The molecule has 1 rings (SSSR count). The molecular formula is C14H30N2. The maximum Gasteiger partial charge on any atom is 0.0193 e. The molecule has 1 fully saturated rings. The highest BCUT2D eigenvalue weighted by atomic mass is 15.2. The zero-order valence-electron chi connectivity index (χ0n) is 11.8. The molecule has 0 saturated carbocycles. The molecule has 2 heteroatoms. The van der Waals surface area contributed by atoms with E-state index < -0.39 is 0 Å². The molecule has 1 aliphatic heterocycles. The third-order valence-corrected chi connectivity index (χ3v) is 4.34. The van der Waals surface area contributed by atoms with E-state index >= 15 is 0 Å². The van der Waals surface area contributed by atoms with Crippen LogP contribution >= 0.6 is 0 Å². The minimum atomic E-state index is 0.351. The molecule has 0 aromatic carbocycles. The molecule has 1 saturated heterocycles. The molecule has 96 valence electrons. The van der Waals surface area contributed by atoms with Crippen molar-refractivity contribution in [3.05, 3.63) is 0 Å². The summed E-state index contributed by atoms with van der Waals surface area (Å²) in [6.45, 7) is 15.1. The maximum atomic E-state index is 6.22. The smallest absolute Gasteiger partial charge is 0.0193 e. The fourth-order valence-electron chi connectivity index (χ4n) is 2.49. The molecule has 2 N–H and O–H groups in total. The van der Waals surface area contributed by atoms with Gasteiger partial charge >= 0.3 is 0 Å². The standard InChI is InChI=1S/C14H30N2/c1-6-11(2)13(15)10-16-8-7-12(9-16)14(3,4)5/h11-13H,6-10,15H2,1-5H3. The molecule has 0 aromatic heterocycles. The van der Waals surface area contributed by atoms with Crippen LogP contribution in [0.15, 0.2) is 0 Å². The molecule has 3 atom stereocenters. The third kappa shape index (κ3) is 3.74. The highest BCUT2D eigenvalue weighted by Crippen LogP contribution is 2.33. The van der Waals surface area contributed by atoms with Gasteiger partial charge in [-0.1, -0.05) is 41.0 Å². The summed E-state index contributed by atoms with van der Waals surface area (Å²) in [5.74, 6) is 1.49. The van der Waals surface area contributed by atoms with Crippen molar-refractivity contribution in [1.82, 2.24) is 4.90 Å². The average Bonchev–Trinajstić information content (AvgIpc) is 2.64. The quantitative estimate of drug-likeness (QED) is 0.798. The van der Waals surface area contributed by atoms with Crippen molar-refractivity contribution < 1.29 is 0 Å². The van der Waals surface area contributed by atoms with Gasteiger partial charge in [0.15, 0.2) is 0 Å². The van der Waals surface area contributed by atoms with Gasteiger partial charge in [-0.3, -0.25) is 0 Å². The zero-order valence-corrected chi connectivity index (χ0v) is 11.8. The van der Waals surface area contributed by atoms with Crippen LogP contribution in [0.25, 0.3) is 0 Å². The minimum absolute atomic E-state index is 0.351. The molecular weight excluding hydrogens is 196 g/mol. The number of nitrogens with two attached hydrogens (primary N) is 1. The first-order valence-electron chi connectivity index (χ1n) is 6.82. The van der Waals surface area contributed by atoms with E-state index in [0.717, 1.165) is 12.5 Å². The van der Waals surface area contributed by atoms with E-state index in [0.29, 0.717) is 17.4 Å². The van der Waals surface area contributed by atoms with Gasteiger partial charge in [0, 0.05) is 19.1 Å². The number of likely N-dealkylation sites (tertiary alicyclic amines) is 1. The molecule has 2 nitrogen and oxygen atoms in total. The molecule has 16 heavy (non-hydrogen) atoms. The second kappa shape index (κ2) is 5.50. The minimum Gasteiger partial charge on any atom is -0.326 e. The summed E-state index contributed by atoms with van der Waals surface area (Å²) < 4.78 is 0. The van der Waals surface area contributed by atoms with Crippen molar-refractivity contribution in [1.29, 1.82) is 0 Å². The van der Waals surface area contributed by atoms with Crippen LogP contribution in [0, 0.1) is 17.3 Å². The van der Waals surface area contributed by atoms with Gasteiger partial charge < -0.3 is 10.6 Å². The predicted molar refractivity (Wildman–Crippen MR) is 71.4 cm³/mol. The van der Waals surface area contributed by atoms with E-state index in [-0.39, 0.29) is 0 Å². The summed E-state index contributed by atoms with van der Waals surface area (Å²) in [5.41, 5.74) is 6.67. The first-order chi connectivity index (χ1) is 7.34. The molecule has 0 amide bonds. The lowest BCUT2D eigenvalue weighted by Gasteiger charge is -2.28. The second-order valence-corrected chi connectivity index (χ2v) is 6.66. The predicted octanol–water partition coefficient (Wildman–Crippen LogP) is 2.73. The van der Waals surface area contributed by atoms with Gasteiger partial charge in [-0.15, -0.1) is 0 Å². The van der Waals surface area contributed by atoms with Crippen LogP contribution in [-0.4, -0.2) is 30.6 Å². The Bertz CT molecular complexity index is 207. The normalized spacial score (nSPS) is 27.0. The fraction of sp³-hybridized carbons (Fsp3) is 1.00. The zero-order chi connectivity index (χ0) is 12.3. The van der Waals surface area contributed by atoms with Crippen LogP contribution < -0.4 is 5.73 Å². The molecule has 0 aromatic rings. The summed E-state index contributed by atoms with van der Waals surface area (Å²) in [5, 5.41) is 0. The van der Waals surface area contributed by atoms with Crippen molar-refractivity contribution in [2.24, 2.45) is 23.0 Å². The summed E-state index contributed by atoms with van der Waals surface area (Å²) in [6.07, 6.45) is 2.54. The second-order valence-electron chi connectivity index (χ2n) is 6.66. The Morgan fingerprint density at radius 3 is 2.44 bits per heavy atom. The SMILES string of the molecule is CCC(C)C(N)CN1CCC(C(C)(C)C)C1. The molecule has 0 aliphatic carbocycles. The van der Waals surface area contributed by atoms with Crippen LogP contribution in [0.4, 0.5) is 0 Å². The number of hydrogen-bond acceptors (Lipinski definition) is 2. The molecule has 0 radical (unpaired) electrons. The number of hydrogen-bond donors (Lipinski definition) is 1. The summed E-state index contributed by atoms with van der Waals surface area (Å²) >= 11 is 0. The van der Waals surface area contributed by atoms with Crippen LogP contribution in [-0.2, 0) is 0 Å². The van der Waals surface area contributed by atoms with E-state index in [9.17, 15) is 0 Å². The number of nitrogens with zero attached hydrogens (tertiary/aromatic N) is 1. The Morgan fingerprint density at radius 2 is 2.00 bits per heavy atom. The summed E-state index contributed by atoms with van der Waals surface area (Å²) in [7, 11) is 0. The Morgan fingerprint density at radius 1 is 1.38 bits per heavy atom. The van der Waals surface area contributed by atoms with E-state index in [1.54, 1.807) is 0 Å². The van der Waals surface area contributed by atoms with Crippen LogP contribution in [0.5, 0.6) is 0 Å². The lowest BCUT2D eigenvalue weighted by molar-refractivity contribution is 0.215. The Kier molecular flexibility index (Phi) is 4.81. The molecule has 0 spiro atoms. The van der Waals surface area contributed by atoms with E-state index in [4.69, 9.17) is 5.73 Å². The van der Waals surface area contributed by atoms with Crippen molar-refractivity contribution in [3.8, 4) is 0 Å². The van der Waals surface area contributed by atoms with Crippen molar-refractivity contribution in [2.75, 3.05) is 19.6 Å². The maximum absolute atomic E-state index is 6.22. The van der Waals surface area contributed by atoms with Gasteiger partial charge in [0.1, 0.15) is 0 Å². The lowest BCUT2D eigenvalue weighted by Crippen LogP contribution is -2.40. The van der Waals surface area contributed by atoms with Crippen molar-refractivity contribution >= 4 is 0 Å². The largest absolute Gasteiger partial charge is 0.326 e. The topological polar surface area (TPSA) is 29.3 Å². The monoisotopic (exact) mass is 226 g/mol. The molecule has 3 unspecified atom stereocenters. The van der Waals surface area contributed by atoms with Crippen LogP contribution in [0.2, 0.25) is 0 Å². The number of rotatable bonds is 4. The highest BCUT2D eigenvalue weighted by molar-refractivity contribution is 4.85. The van der Waals surface area contributed by atoms with Gasteiger partial charge in [-0.2, -0.15) is 0 Å². The molecule has 1 heterocycles. The Balaban J connectivity index is 2.37.